The lowest BCUT2D eigenvalue weighted by Crippen LogP contribution is -2.41. The van der Waals surface area contributed by atoms with Crippen molar-refractivity contribution in [2.45, 2.75) is 25.3 Å². The summed E-state index contributed by atoms with van der Waals surface area (Å²) in [5.74, 6) is -1.46. The summed E-state index contributed by atoms with van der Waals surface area (Å²) >= 11 is 0. The van der Waals surface area contributed by atoms with Gasteiger partial charge in [0, 0.05) is 25.8 Å². The summed E-state index contributed by atoms with van der Waals surface area (Å²) in [6, 6.07) is 15.2. The van der Waals surface area contributed by atoms with E-state index in [1.165, 1.54) is 16.8 Å². The van der Waals surface area contributed by atoms with E-state index < -0.39 is 11.8 Å². The predicted molar refractivity (Wildman–Crippen MR) is 120 cm³/mol. The fourth-order valence-corrected chi connectivity index (χ4v) is 4.44. The maximum absolute atomic E-state index is 12.5. The first kappa shape index (κ1) is 20.9. The van der Waals surface area contributed by atoms with Crippen LogP contribution in [0.2, 0.25) is 0 Å². The molecule has 1 fully saturated rings. The number of amides is 2. The van der Waals surface area contributed by atoms with Gasteiger partial charge in [-0.3, -0.25) is 14.5 Å². The van der Waals surface area contributed by atoms with E-state index in [1.807, 2.05) is 6.07 Å². The number of fused-ring (bicyclic) bond motifs is 1. The van der Waals surface area contributed by atoms with E-state index in [2.05, 4.69) is 45.7 Å². The van der Waals surface area contributed by atoms with Crippen molar-refractivity contribution < 1.29 is 9.59 Å². The summed E-state index contributed by atoms with van der Waals surface area (Å²) in [7, 11) is 2.10. The summed E-state index contributed by atoms with van der Waals surface area (Å²) in [6.45, 7) is 3.35. The van der Waals surface area contributed by atoms with Crippen molar-refractivity contribution in [2.24, 2.45) is 0 Å². The summed E-state index contributed by atoms with van der Waals surface area (Å²) in [6.07, 6.45) is 3.31. The van der Waals surface area contributed by atoms with Gasteiger partial charge in [0.25, 0.3) is 0 Å². The Hall–Kier alpha value is -3.37. The normalized spacial score (nSPS) is 16.5. The number of nitriles is 1. The van der Waals surface area contributed by atoms with Crippen molar-refractivity contribution in [3.05, 3.63) is 59.2 Å². The van der Waals surface area contributed by atoms with Crippen LogP contribution in [-0.4, -0.2) is 49.9 Å². The third-order valence-corrected chi connectivity index (χ3v) is 6.16. The van der Waals surface area contributed by atoms with Crippen LogP contribution in [0.15, 0.2) is 42.5 Å². The molecule has 2 aliphatic rings. The average molecular weight is 418 g/mol. The number of benzene rings is 2. The van der Waals surface area contributed by atoms with Gasteiger partial charge in [-0.05, 0) is 61.7 Å². The lowest BCUT2D eigenvalue weighted by atomic mass is 10.0. The standard InChI is InChI=1S/C24H27N5O2/c1-28-13-10-18-14-17(8-9-21(18)28)22(29-11-4-5-12-29)16-26-23(30)24(31)27-20-7-3-2-6-19(20)15-25/h2-3,6-9,14,22H,4-5,10-13,16H2,1H3,(H,26,30)(H,27,31)/t22-/m1/s1. The summed E-state index contributed by atoms with van der Waals surface area (Å²) in [5, 5.41) is 14.5. The molecule has 2 aromatic carbocycles. The van der Waals surface area contributed by atoms with Crippen LogP contribution >= 0.6 is 0 Å². The first-order valence-corrected chi connectivity index (χ1v) is 10.7. The molecule has 31 heavy (non-hydrogen) atoms. The topological polar surface area (TPSA) is 88.5 Å². The second-order valence-electron chi connectivity index (χ2n) is 8.14. The van der Waals surface area contributed by atoms with Gasteiger partial charge in [-0.2, -0.15) is 5.26 Å². The van der Waals surface area contributed by atoms with E-state index in [1.54, 1.807) is 24.3 Å². The van der Waals surface area contributed by atoms with E-state index in [-0.39, 0.29) is 6.04 Å². The fourth-order valence-electron chi connectivity index (χ4n) is 4.44. The Morgan fingerprint density at radius 2 is 1.87 bits per heavy atom. The third-order valence-electron chi connectivity index (χ3n) is 6.16. The summed E-state index contributed by atoms with van der Waals surface area (Å²) in [4.78, 5) is 29.5. The Kier molecular flexibility index (Phi) is 6.19. The van der Waals surface area contributed by atoms with Crippen LogP contribution in [0.1, 0.15) is 35.6 Å². The van der Waals surface area contributed by atoms with Crippen LogP contribution < -0.4 is 15.5 Å². The molecule has 0 radical (unpaired) electrons. The number of hydrogen-bond donors (Lipinski definition) is 2. The second-order valence-corrected chi connectivity index (χ2v) is 8.14. The number of likely N-dealkylation sites (tertiary alicyclic amines) is 1. The van der Waals surface area contributed by atoms with Crippen LogP contribution in [0.25, 0.3) is 0 Å². The Morgan fingerprint density at radius 3 is 2.65 bits per heavy atom. The molecule has 2 amide bonds. The van der Waals surface area contributed by atoms with Gasteiger partial charge in [-0.25, -0.2) is 0 Å². The molecule has 1 saturated heterocycles. The SMILES string of the molecule is CN1CCc2cc([C@@H](CNC(=O)C(=O)Nc3ccccc3C#N)N3CCCC3)ccc21. The molecule has 4 rings (SSSR count). The van der Waals surface area contributed by atoms with Gasteiger partial charge in [0.15, 0.2) is 0 Å². The molecule has 0 bridgehead atoms. The number of anilines is 2. The molecule has 1 atom stereocenters. The molecular formula is C24H27N5O2. The first-order valence-electron chi connectivity index (χ1n) is 10.7. The van der Waals surface area contributed by atoms with Gasteiger partial charge < -0.3 is 15.5 Å². The van der Waals surface area contributed by atoms with Crippen LogP contribution in [0.4, 0.5) is 11.4 Å². The number of nitrogens with one attached hydrogen (secondary N) is 2. The van der Waals surface area contributed by atoms with Gasteiger partial charge >= 0.3 is 11.8 Å². The molecule has 7 nitrogen and oxygen atoms in total. The van der Waals surface area contributed by atoms with E-state index >= 15 is 0 Å². The van der Waals surface area contributed by atoms with Crippen molar-refractivity contribution in [1.82, 2.24) is 10.2 Å². The highest BCUT2D eigenvalue weighted by molar-refractivity contribution is 6.39. The second kappa shape index (κ2) is 9.19. The quantitative estimate of drug-likeness (QED) is 0.730. The minimum Gasteiger partial charge on any atom is -0.374 e. The van der Waals surface area contributed by atoms with E-state index in [0.717, 1.165) is 38.9 Å². The number of carbonyl (C=O) groups is 2. The lowest BCUT2D eigenvalue weighted by Gasteiger charge is -2.28. The van der Waals surface area contributed by atoms with Gasteiger partial charge in [-0.15, -0.1) is 0 Å². The molecular weight excluding hydrogens is 390 g/mol. The van der Waals surface area contributed by atoms with Crippen LogP contribution in [0.5, 0.6) is 0 Å². The first-order chi connectivity index (χ1) is 15.1. The highest BCUT2D eigenvalue weighted by Gasteiger charge is 2.27. The van der Waals surface area contributed by atoms with Gasteiger partial charge in [0.05, 0.1) is 17.3 Å². The van der Waals surface area contributed by atoms with Gasteiger partial charge in [0.2, 0.25) is 0 Å². The molecule has 7 heteroatoms. The molecule has 2 aliphatic heterocycles. The molecule has 2 heterocycles. The summed E-state index contributed by atoms with van der Waals surface area (Å²) < 4.78 is 0. The largest absolute Gasteiger partial charge is 0.374 e. The predicted octanol–water partition coefficient (Wildman–Crippen LogP) is 2.44. The molecule has 0 saturated carbocycles. The average Bonchev–Trinajstić information content (AvgIpc) is 3.44. The molecule has 160 valence electrons. The Balaban J connectivity index is 1.45. The van der Waals surface area contributed by atoms with Crippen molar-refractivity contribution in [3.63, 3.8) is 0 Å². The third kappa shape index (κ3) is 4.54. The molecule has 0 aromatic heterocycles. The van der Waals surface area contributed by atoms with Crippen LogP contribution in [-0.2, 0) is 16.0 Å². The van der Waals surface area contributed by atoms with Crippen molar-refractivity contribution in [2.75, 3.05) is 43.4 Å². The maximum atomic E-state index is 12.5. The number of carbonyl (C=O) groups excluding carboxylic acids is 2. The number of nitrogens with zero attached hydrogens (tertiary/aromatic N) is 3. The van der Waals surface area contributed by atoms with E-state index in [4.69, 9.17) is 5.26 Å². The van der Waals surface area contributed by atoms with Crippen molar-refractivity contribution in [3.8, 4) is 6.07 Å². The zero-order valence-electron chi connectivity index (χ0n) is 17.7. The van der Waals surface area contributed by atoms with Crippen molar-refractivity contribution in [1.29, 1.82) is 5.26 Å². The number of likely N-dealkylation sites (N-methyl/N-ethyl adjacent to an activating group) is 1. The molecule has 0 unspecified atom stereocenters. The minimum atomic E-state index is -0.765. The summed E-state index contributed by atoms with van der Waals surface area (Å²) in [5.41, 5.74) is 4.43. The van der Waals surface area contributed by atoms with Gasteiger partial charge in [0.1, 0.15) is 6.07 Å². The Bertz CT molecular complexity index is 1020. The highest BCUT2D eigenvalue weighted by Crippen LogP contribution is 2.32. The molecule has 2 N–H and O–H groups in total. The smallest absolute Gasteiger partial charge is 0.313 e. The number of para-hydroxylation sites is 1. The molecule has 0 aliphatic carbocycles. The fraction of sp³-hybridized carbons (Fsp3) is 0.375. The number of rotatable bonds is 5. The maximum Gasteiger partial charge on any atom is 0.313 e. The molecule has 0 spiro atoms. The Labute approximate surface area is 182 Å². The Morgan fingerprint density at radius 1 is 1.10 bits per heavy atom. The monoisotopic (exact) mass is 417 g/mol. The zero-order valence-corrected chi connectivity index (χ0v) is 17.7. The van der Waals surface area contributed by atoms with Gasteiger partial charge in [-0.1, -0.05) is 24.3 Å². The van der Waals surface area contributed by atoms with Crippen LogP contribution in [0.3, 0.4) is 0 Å². The lowest BCUT2D eigenvalue weighted by molar-refractivity contribution is -0.136. The van der Waals surface area contributed by atoms with Crippen molar-refractivity contribution >= 4 is 23.2 Å². The minimum absolute atomic E-state index is 0.0295. The highest BCUT2D eigenvalue weighted by atomic mass is 16.2. The van der Waals surface area contributed by atoms with E-state index in [9.17, 15) is 9.59 Å². The van der Waals surface area contributed by atoms with Crippen LogP contribution in [0, 0.1) is 11.3 Å². The molecule has 2 aromatic rings. The van der Waals surface area contributed by atoms with E-state index in [0.29, 0.717) is 17.8 Å². The number of hydrogen-bond acceptors (Lipinski definition) is 5. The zero-order chi connectivity index (χ0) is 21.8.